The number of ether oxygens (including phenoxy) is 2. The lowest BCUT2D eigenvalue weighted by Gasteiger charge is -2.29. The van der Waals surface area contributed by atoms with Crippen LogP contribution in [0.3, 0.4) is 0 Å². The fraction of sp³-hybridized carbons (Fsp3) is 0.400. The molecule has 3 amide bonds. The van der Waals surface area contributed by atoms with Gasteiger partial charge in [-0.15, -0.1) is 0 Å². The predicted molar refractivity (Wildman–Crippen MR) is 119 cm³/mol. The van der Waals surface area contributed by atoms with Crippen LogP contribution in [0.4, 0.5) is 4.39 Å². The molecule has 0 bridgehead atoms. The average molecular weight is 471 g/mol. The predicted octanol–water partition coefficient (Wildman–Crippen LogP) is 2.00. The number of carbonyl (C=O) groups is 3. The van der Waals surface area contributed by atoms with Crippen molar-refractivity contribution in [2.45, 2.75) is 38.6 Å². The first kappa shape index (κ1) is 19.1. The number of benzene rings is 2. The molecule has 3 heterocycles. The van der Waals surface area contributed by atoms with Crippen molar-refractivity contribution in [2.24, 2.45) is 0 Å². The number of rotatable bonds is 6. The van der Waals surface area contributed by atoms with Gasteiger partial charge in [0.25, 0.3) is 5.91 Å². The van der Waals surface area contributed by atoms with Gasteiger partial charge in [0.15, 0.2) is 0 Å². The maximum atomic E-state index is 15.2. The first-order valence-corrected chi connectivity index (χ1v) is 11.2. The lowest BCUT2D eigenvalue weighted by molar-refractivity contribution is -0.136. The van der Waals surface area contributed by atoms with Gasteiger partial charge in [0.2, 0.25) is 11.8 Å². The Morgan fingerprint density at radius 1 is 1.21 bits per heavy atom. The summed E-state index contributed by atoms with van der Waals surface area (Å²) in [7, 11) is 0. The maximum absolute atomic E-state index is 15.2. The van der Waals surface area contributed by atoms with E-state index < -0.39 is 30.4 Å². The van der Waals surface area contributed by atoms with E-state index in [0.29, 0.717) is 37.4 Å². The molecule has 1 atom stereocenters. The number of amides is 3. The van der Waals surface area contributed by atoms with E-state index in [9.17, 15) is 14.4 Å². The summed E-state index contributed by atoms with van der Waals surface area (Å²) in [4.78, 5) is 40.2. The second kappa shape index (κ2) is 9.52. The Hall–Kier alpha value is -3.30. The number of morpholine rings is 1. The van der Waals surface area contributed by atoms with Gasteiger partial charge < -0.3 is 14.4 Å². The van der Waals surface area contributed by atoms with E-state index >= 15 is 4.39 Å². The Morgan fingerprint density at radius 3 is 2.82 bits per heavy atom. The first-order chi connectivity index (χ1) is 17.8. The molecule has 0 aliphatic carbocycles. The molecule has 2 aromatic rings. The highest BCUT2D eigenvalue weighted by Gasteiger charge is 2.40. The Labute approximate surface area is 200 Å². The van der Waals surface area contributed by atoms with Crippen LogP contribution in [0.2, 0.25) is 0 Å². The Kier molecular flexibility index (Phi) is 5.33. The minimum absolute atomic E-state index is 0.0821. The Bertz CT molecular complexity index is 1260. The summed E-state index contributed by atoms with van der Waals surface area (Å²) < 4.78 is 51.4. The molecular weight excluding hydrogens is 441 g/mol. The normalized spacial score (nSPS) is 22.1. The quantitative estimate of drug-likeness (QED) is 0.650. The largest absolute Gasteiger partial charge is 0.488 e. The van der Waals surface area contributed by atoms with Gasteiger partial charge >= 0.3 is 0 Å². The molecule has 2 fully saturated rings. The Morgan fingerprint density at radius 2 is 2.03 bits per heavy atom. The summed E-state index contributed by atoms with van der Waals surface area (Å²) in [5.41, 5.74) is 0.811. The summed E-state index contributed by atoms with van der Waals surface area (Å²) in [6, 6.07) is 3.06. The van der Waals surface area contributed by atoms with Crippen LogP contribution in [0.15, 0.2) is 36.3 Å². The van der Waals surface area contributed by atoms with Crippen LogP contribution >= 0.6 is 0 Å². The molecule has 0 aromatic heterocycles. The molecule has 0 unspecified atom stereocenters. The zero-order valence-electron chi connectivity index (χ0n) is 21.5. The van der Waals surface area contributed by atoms with Crippen LogP contribution in [0.5, 0.6) is 5.75 Å². The third-order valence-electron chi connectivity index (χ3n) is 6.29. The number of hydrogen-bond donors (Lipinski definition) is 1. The minimum atomic E-state index is -0.905. The fourth-order valence-corrected chi connectivity index (χ4v) is 4.45. The molecule has 2 aromatic carbocycles. The van der Waals surface area contributed by atoms with Gasteiger partial charge in [0, 0.05) is 42.7 Å². The third kappa shape index (κ3) is 4.53. The number of nitrogens with one attached hydrogen (secondary N) is 1. The van der Waals surface area contributed by atoms with Crippen molar-refractivity contribution in [3.63, 3.8) is 0 Å². The van der Waals surface area contributed by atoms with Crippen LogP contribution < -0.4 is 10.1 Å². The number of hydrogen-bond acceptors (Lipinski definition) is 6. The maximum Gasteiger partial charge on any atom is 0.255 e. The van der Waals surface area contributed by atoms with Gasteiger partial charge in [0.05, 0.1) is 23.9 Å². The van der Waals surface area contributed by atoms with E-state index in [1.807, 2.05) is 4.90 Å². The highest BCUT2D eigenvalue weighted by molar-refractivity contribution is 6.05. The molecule has 5 rings (SSSR count). The number of fused-ring (bicyclic) bond motifs is 1. The van der Waals surface area contributed by atoms with Crippen molar-refractivity contribution in [2.75, 3.05) is 26.3 Å². The van der Waals surface area contributed by atoms with Crippen molar-refractivity contribution in [1.82, 2.24) is 15.1 Å². The second-order valence-corrected chi connectivity index (χ2v) is 8.51. The van der Waals surface area contributed by atoms with E-state index in [1.54, 1.807) is 18.2 Å². The molecule has 34 heavy (non-hydrogen) atoms. The minimum Gasteiger partial charge on any atom is -0.488 e. The van der Waals surface area contributed by atoms with Crippen molar-refractivity contribution in [3.05, 3.63) is 64.4 Å². The van der Waals surface area contributed by atoms with Crippen LogP contribution in [0.1, 0.15) is 44.0 Å². The topological polar surface area (TPSA) is 88.2 Å². The number of carbonyl (C=O) groups excluding carboxylic acids is 3. The van der Waals surface area contributed by atoms with Gasteiger partial charge in [-0.2, -0.15) is 0 Å². The second-order valence-electron chi connectivity index (χ2n) is 8.51. The van der Waals surface area contributed by atoms with Gasteiger partial charge in [-0.05, 0) is 30.2 Å². The molecule has 0 saturated carbocycles. The molecule has 0 radical (unpaired) electrons. The summed E-state index contributed by atoms with van der Waals surface area (Å²) >= 11 is 0. The van der Waals surface area contributed by atoms with Crippen LogP contribution in [0.25, 0.3) is 0 Å². The summed E-state index contributed by atoms with van der Waals surface area (Å²) in [5.74, 6) is -1.88. The van der Waals surface area contributed by atoms with Crippen LogP contribution in [-0.4, -0.2) is 59.9 Å². The summed E-state index contributed by atoms with van der Waals surface area (Å²) in [6.07, 6.45) is 0.362. The smallest absolute Gasteiger partial charge is 0.255 e. The molecule has 9 heteroatoms. The number of imide groups is 1. The highest BCUT2D eigenvalue weighted by Crippen LogP contribution is 2.34. The standard InChI is InChI=1S/C25H26FN3O5/c26-20-12-16(13-28-8-10-33-11-9-28)4-5-17(20)15-34-22-3-1-2-18-19(22)14-29(25(18)32)21-6-7-23(30)27-24(21)31/h1-5,12,21H,6-11,13-15H2,(H,27,30,31)/t21-/m1/s1/i4D,5D,12D. The van der Waals surface area contributed by atoms with Crippen LogP contribution in [0, 0.1) is 5.82 Å². The first-order valence-electron chi connectivity index (χ1n) is 12.7. The molecule has 2 saturated heterocycles. The number of piperidine rings is 1. The van der Waals surface area contributed by atoms with E-state index in [1.165, 1.54) is 4.90 Å². The fourth-order valence-electron chi connectivity index (χ4n) is 4.45. The highest BCUT2D eigenvalue weighted by atomic mass is 19.1. The number of nitrogens with zero attached hydrogens (tertiary/aromatic N) is 2. The average Bonchev–Trinajstić information content (AvgIpc) is 3.23. The van der Waals surface area contributed by atoms with Crippen molar-refractivity contribution < 1.29 is 32.4 Å². The van der Waals surface area contributed by atoms with E-state index in [-0.39, 0.29) is 66.7 Å². The molecule has 8 nitrogen and oxygen atoms in total. The van der Waals surface area contributed by atoms with Crippen LogP contribution in [-0.2, 0) is 34.0 Å². The number of halogens is 1. The monoisotopic (exact) mass is 470 g/mol. The lowest BCUT2D eigenvalue weighted by Crippen LogP contribution is -2.52. The third-order valence-corrected chi connectivity index (χ3v) is 6.29. The van der Waals surface area contributed by atoms with Crippen molar-refractivity contribution >= 4 is 17.7 Å². The molecule has 3 aliphatic heterocycles. The summed E-state index contributed by atoms with van der Waals surface area (Å²) in [5, 5.41) is 2.26. The van der Waals surface area contributed by atoms with E-state index in [0.717, 1.165) is 0 Å². The molecule has 0 spiro atoms. The van der Waals surface area contributed by atoms with Crippen molar-refractivity contribution in [1.29, 1.82) is 0 Å². The van der Waals surface area contributed by atoms with Gasteiger partial charge in [-0.1, -0.05) is 18.2 Å². The molecular formula is C25H26FN3O5. The zero-order chi connectivity index (χ0) is 26.3. The SMILES string of the molecule is [2H]c1c([2H])c(COc2cccc3c2CN([C@@H]2CCC(=O)NC2=O)C3=O)c(F)c([2H])c1CN1CCOCC1. The lowest BCUT2D eigenvalue weighted by atomic mass is 10.0. The zero-order valence-corrected chi connectivity index (χ0v) is 18.5. The van der Waals surface area contributed by atoms with Gasteiger partial charge in [-0.25, -0.2) is 4.39 Å². The van der Waals surface area contributed by atoms with Gasteiger partial charge in [0.1, 0.15) is 24.2 Å². The summed E-state index contributed by atoms with van der Waals surface area (Å²) in [6.45, 7) is 2.12. The molecule has 1 N–H and O–H groups in total. The Balaban J connectivity index is 1.35. The van der Waals surface area contributed by atoms with E-state index in [4.69, 9.17) is 13.6 Å². The van der Waals surface area contributed by atoms with E-state index in [2.05, 4.69) is 5.32 Å². The van der Waals surface area contributed by atoms with Crippen molar-refractivity contribution in [3.8, 4) is 5.75 Å². The molecule has 3 aliphatic rings. The van der Waals surface area contributed by atoms with Gasteiger partial charge in [-0.3, -0.25) is 24.6 Å². The molecule has 178 valence electrons.